The van der Waals surface area contributed by atoms with Crippen LogP contribution >= 0.6 is 15.9 Å². The molecule has 1 atom stereocenters. The molecule has 0 saturated heterocycles. The normalized spacial score (nSPS) is 12.4. The van der Waals surface area contributed by atoms with Crippen molar-refractivity contribution in [1.82, 2.24) is 10.2 Å². The second kappa shape index (κ2) is 6.91. The number of benzene rings is 1. The smallest absolute Gasteiger partial charge is 0.251 e. The summed E-state index contributed by atoms with van der Waals surface area (Å²) in [5, 5.41) is 2.95. The standard InChI is InChI=1S/C16H19BrN2O2/c1-11-4-9-15(21-11)14(19(2)3)10-18-16(20)12-5-7-13(17)8-6-12/h4-9,14H,10H2,1-3H3,(H,18,20)/t14-/m0/s1. The molecule has 0 spiro atoms. The van der Waals surface area contributed by atoms with Crippen LogP contribution in [0.3, 0.4) is 0 Å². The summed E-state index contributed by atoms with van der Waals surface area (Å²) in [7, 11) is 3.93. The molecule has 0 aliphatic heterocycles. The molecule has 0 fully saturated rings. The predicted octanol–water partition coefficient (Wildman–Crippen LogP) is 3.38. The van der Waals surface area contributed by atoms with Gasteiger partial charge in [-0.1, -0.05) is 15.9 Å². The molecule has 0 unspecified atom stereocenters. The number of furan rings is 1. The van der Waals surface area contributed by atoms with E-state index in [4.69, 9.17) is 4.42 Å². The maximum Gasteiger partial charge on any atom is 0.251 e. The third-order valence-corrected chi connectivity index (χ3v) is 3.80. The molecule has 21 heavy (non-hydrogen) atoms. The SMILES string of the molecule is Cc1ccc([C@H](CNC(=O)c2ccc(Br)cc2)N(C)C)o1. The fourth-order valence-corrected chi connectivity index (χ4v) is 2.33. The van der Waals surface area contributed by atoms with Crippen molar-refractivity contribution in [3.63, 3.8) is 0 Å². The van der Waals surface area contributed by atoms with Crippen molar-refractivity contribution in [2.75, 3.05) is 20.6 Å². The van der Waals surface area contributed by atoms with E-state index in [1.807, 2.05) is 50.2 Å². The van der Waals surface area contributed by atoms with Crippen LogP contribution in [0, 0.1) is 6.92 Å². The fourth-order valence-electron chi connectivity index (χ4n) is 2.06. The number of nitrogens with zero attached hydrogens (tertiary/aromatic N) is 1. The van der Waals surface area contributed by atoms with Crippen molar-refractivity contribution in [3.8, 4) is 0 Å². The van der Waals surface area contributed by atoms with Gasteiger partial charge < -0.3 is 9.73 Å². The van der Waals surface area contributed by atoms with Gasteiger partial charge in [0, 0.05) is 16.6 Å². The van der Waals surface area contributed by atoms with Gasteiger partial charge in [-0.05, 0) is 57.4 Å². The van der Waals surface area contributed by atoms with Gasteiger partial charge in [-0.25, -0.2) is 0 Å². The Balaban J connectivity index is 2.02. The Morgan fingerprint density at radius 2 is 1.90 bits per heavy atom. The van der Waals surface area contributed by atoms with Crippen molar-refractivity contribution in [3.05, 3.63) is 58.0 Å². The van der Waals surface area contributed by atoms with Crippen LogP contribution in [-0.4, -0.2) is 31.4 Å². The van der Waals surface area contributed by atoms with Gasteiger partial charge in [0.1, 0.15) is 11.5 Å². The molecule has 1 amide bonds. The molecule has 1 aromatic carbocycles. The van der Waals surface area contributed by atoms with Crippen LogP contribution in [0.2, 0.25) is 0 Å². The van der Waals surface area contributed by atoms with Gasteiger partial charge >= 0.3 is 0 Å². The lowest BCUT2D eigenvalue weighted by atomic mass is 10.2. The van der Waals surface area contributed by atoms with Crippen LogP contribution in [0.5, 0.6) is 0 Å². The zero-order chi connectivity index (χ0) is 15.4. The number of nitrogens with one attached hydrogen (secondary N) is 1. The van der Waals surface area contributed by atoms with Gasteiger partial charge in [-0.15, -0.1) is 0 Å². The second-order valence-corrected chi connectivity index (χ2v) is 6.06. The molecule has 4 nitrogen and oxygen atoms in total. The fraction of sp³-hybridized carbons (Fsp3) is 0.312. The largest absolute Gasteiger partial charge is 0.465 e. The van der Waals surface area contributed by atoms with Crippen LogP contribution in [-0.2, 0) is 0 Å². The molecule has 1 aromatic heterocycles. The van der Waals surface area contributed by atoms with Crippen LogP contribution in [0.25, 0.3) is 0 Å². The monoisotopic (exact) mass is 350 g/mol. The van der Waals surface area contributed by atoms with E-state index in [9.17, 15) is 4.79 Å². The summed E-state index contributed by atoms with van der Waals surface area (Å²) in [4.78, 5) is 14.2. The highest BCUT2D eigenvalue weighted by Crippen LogP contribution is 2.20. The van der Waals surface area contributed by atoms with Gasteiger partial charge in [0.05, 0.1) is 6.04 Å². The average molecular weight is 351 g/mol. The minimum absolute atomic E-state index is 0.0121. The van der Waals surface area contributed by atoms with Gasteiger partial charge in [-0.3, -0.25) is 9.69 Å². The lowest BCUT2D eigenvalue weighted by Gasteiger charge is -2.22. The number of rotatable bonds is 5. The molecular formula is C16H19BrN2O2. The summed E-state index contributed by atoms with van der Waals surface area (Å²) >= 11 is 3.36. The van der Waals surface area contributed by atoms with Crippen LogP contribution in [0.1, 0.15) is 27.9 Å². The van der Waals surface area contributed by atoms with E-state index in [0.717, 1.165) is 16.0 Å². The first-order chi connectivity index (χ1) is 9.97. The van der Waals surface area contributed by atoms with Crippen molar-refractivity contribution < 1.29 is 9.21 Å². The predicted molar refractivity (Wildman–Crippen MR) is 86.3 cm³/mol. The Kier molecular flexibility index (Phi) is 5.20. The first kappa shape index (κ1) is 15.8. The van der Waals surface area contributed by atoms with Gasteiger partial charge in [-0.2, -0.15) is 0 Å². The summed E-state index contributed by atoms with van der Waals surface area (Å²) in [6.07, 6.45) is 0. The van der Waals surface area contributed by atoms with Gasteiger partial charge in [0.15, 0.2) is 0 Å². The number of hydrogen-bond donors (Lipinski definition) is 1. The molecule has 5 heteroatoms. The highest BCUT2D eigenvalue weighted by molar-refractivity contribution is 9.10. The summed E-state index contributed by atoms with van der Waals surface area (Å²) in [5.74, 6) is 1.64. The molecule has 1 N–H and O–H groups in total. The van der Waals surface area contributed by atoms with E-state index in [2.05, 4.69) is 21.2 Å². The Hall–Kier alpha value is -1.59. The van der Waals surface area contributed by atoms with Crippen molar-refractivity contribution >= 4 is 21.8 Å². The molecule has 1 heterocycles. The number of carbonyl (C=O) groups excluding carboxylic acids is 1. The quantitative estimate of drug-likeness (QED) is 0.898. The summed E-state index contributed by atoms with van der Waals surface area (Å²) < 4.78 is 6.62. The molecule has 112 valence electrons. The molecule has 2 rings (SSSR count). The van der Waals surface area contributed by atoms with Crippen molar-refractivity contribution in [2.45, 2.75) is 13.0 Å². The van der Waals surface area contributed by atoms with E-state index >= 15 is 0 Å². The number of aryl methyl sites for hydroxylation is 1. The number of carbonyl (C=O) groups is 1. The number of halogens is 1. The topological polar surface area (TPSA) is 45.5 Å². The number of hydrogen-bond acceptors (Lipinski definition) is 3. The first-order valence-corrected chi connectivity index (χ1v) is 7.53. The third-order valence-electron chi connectivity index (χ3n) is 3.28. The maximum absolute atomic E-state index is 12.1. The maximum atomic E-state index is 12.1. The van der Waals surface area contributed by atoms with Crippen LogP contribution < -0.4 is 5.32 Å². The Morgan fingerprint density at radius 3 is 2.43 bits per heavy atom. The molecule has 0 bridgehead atoms. The highest BCUT2D eigenvalue weighted by atomic mass is 79.9. The van der Waals surface area contributed by atoms with Gasteiger partial charge in [0.25, 0.3) is 5.91 Å². The van der Waals surface area contributed by atoms with E-state index in [1.54, 1.807) is 12.1 Å². The van der Waals surface area contributed by atoms with Crippen molar-refractivity contribution in [2.24, 2.45) is 0 Å². The summed E-state index contributed by atoms with van der Waals surface area (Å²) in [6, 6.07) is 11.2. The molecular weight excluding hydrogens is 332 g/mol. The highest BCUT2D eigenvalue weighted by Gasteiger charge is 2.18. The first-order valence-electron chi connectivity index (χ1n) is 6.74. The van der Waals surface area contributed by atoms with Gasteiger partial charge in [0.2, 0.25) is 0 Å². The Labute approximate surface area is 133 Å². The summed E-state index contributed by atoms with van der Waals surface area (Å²) in [5.41, 5.74) is 0.645. The lowest BCUT2D eigenvalue weighted by Crippen LogP contribution is -2.34. The minimum Gasteiger partial charge on any atom is -0.465 e. The third kappa shape index (κ3) is 4.19. The Morgan fingerprint density at radius 1 is 1.24 bits per heavy atom. The molecule has 0 aliphatic carbocycles. The lowest BCUT2D eigenvalue weighted by molar-refractivity contribution is 0.0939. The van der Waals surface area contributed by atoms with Crippen LogP contribution in [0.15, 0.2) is 45.3 Å². The summed E-state index contributed by atoms with van der Waals surface area (Å²) in [6.45, 7) is 2.41. The minimum atomic E-state index is -0.0855. The van der Waals surface area contributed by atoms with E-state index in [0.29, 0.717) is 12.1 Å². The Bertz CT molecular complexity index is 605. The van der Waals surface area contributed by atoms with Crippen LogP contribution in [0.4, 0.5) is 0 Å². The van der Waals surface area contributed by atoms with E-state index in [1.165, 1.54) is 0 Å². The molecule has 0 saturated carbocycles. The van der Waals surface area contributed by atoms with Crippen molar-refractivity contribution in [1.29, 1.82) is 0 Å². The molecule has 0 radical (unpaired) electrons. The zero-order valence-electron chi connectivity index (χ0n) is 12.4. The van der Waals surface area contributed by atoms with E-state index < -0.39 is 0 Å². The van der Waals surface area contributed by atoms with E-state index in [-0.39, 0.29) is 11.9 Å². The second-order valence-electron chi connectivity index (χ2n) is 5.14. The zero-order valence-corrected chi connectivity index (χ0v) is 14.0. The number of likely N-dealkylation sites (N-methyl/N-ethyl adjacent to an activating group) is 1. The molecule has 0 aliphatic rings. The number of amides is 1. The average Bonchev–Trinajstić information content (AvgIpc) is 2.85. The molecule has 2 aromatic rings.